The van der Waals surface area contributed by atoms with Gasteiger partial charge in [-0.3, -0.25) is 4.79 Å². The number of rotatable bonds is 5. The number of aliphatic hydroxyl groups excluding tert-OH is 1. The number of nitrogens with one attached hydrogen (secondary N) is 1. The van der Waals surface area contributed by atoms with Crippen LogP contribution in [-0.4, -0.2) is 24.7 Å². The van der Waals surface area contributed by atoms with Gasteiger partial charge in [-0.15, -0.1) is 0 Å². The third-order valence-corrected chi connectivity index (χ3v) is 3.64. The highest BCUT2D eigenvalue weighted by molar-refractivity contribution is 5.97. The summed E-state index contributed by atoms with van der Waals surface area (Å²) in [6.07, 6.45) is 0. The van der Waals surface area contributed by atoms with E-state index in [1.54, 1.807) is 19.2 Å². The van der Waals surface area contributed by atoms with Crippen LogP contribution in [0.5, 0.6) is 5.75 Å². The van der Waals surface area contributed by atoms with Crippen LogP contribution in [0.25, 0.3) is 11.0 Å². The minimum atomic E-state index is -0.487. The van der Waals surface area contributed by atoms with E-state index in [1.807, 2.05) is 42.5 Å². The number of fused-ring (bicyclic) bond motifs is 1. The molecule has 0 aliphatic carbocycles. The van der Waals surface area contributed by atoms with Gasteiger partial charge in [-0.1, -0.05) is 42.5 Å². The first-order chi connectivity index (χ1) is 11.2. The van der Waals surface area contributed by atoms with Gasteiger partial charge in [0.15, 0.2) is 17.1 Å². The van der Waals surface area contributed by atoms with Crippen molar-refractivity contribution in [2.24, 2.45) is 0 Å². The first-order valence-corrected chi connectivity index (χ1v) is 7.26. The summed E-state index contributed by atoms with van der Waals surface area (Å²) in [7, 11) is 1.55. The number of aliphatic hydroxyl groups is 1. The molecule has 1 aromatic heterocycles. The molecular formula is C18H17NO4. The van der Waals surface area contributed by atoms with Gasteiger partial charge in [0.25, 0.3) is 5.91 Å². The minimum absolute atomic E-state index is 0.180. The molecule has 1 amide bonds. The van der Waals surface area contributed by atoms with Crippen LogP contribution >= 0.6 is 0 Å². The molecule has 0 unspecified atom stereocenters. The summed E-state index contributed by atoms with van der Waals surface area (Å²) in [5.41, 5.74) is 1.36. The van der Waals surface area contributed by atoms with Crippen molar-refractivity contribution in [3.63, 3.8) is 0 Å². The average Bonchev–Trinajstić information content (AvgIpc) is 3.04. The molecule has 5 heteroatoms. The van der Waals surface area contributed by atoms with Crippen LogP contribution in [-0.2, 0) is 0 Å². The number of hydrogen-bond acceptors (Lipinski definition) is 4. The zero-order chi connectivity index (χ0) is 16.2. The van der Waals surface area contributed by atoms with E-state index in [0.29, 0.717) is 11.3 Å². The Morgan fingerprint density at radius 3 is 2.70 bits per heavy atom. The molecule has 0 spiro atoms. The highest BCUT2D eigenvalue weighted by Crippen LogP contribution is 2.28. The summed E-state index contributed by atoms with van der Waals surface area (Å²) in [6, 6.07) is 15.9. The van der Waals surface area contributed by atoms with Gasteiger partial charge in [0, 0.05) is 5.39 Å². The van der Waals surface area contributed by atoms with E-state index < -0.39 is 6.04 Å². The fraction of sp³-hybridized carbons (Fsp3) is 0.167. The Bertz CT molecular complexity index is 810. The molecule has 3 rings (SSSR count). The number of ether oxygens (including phenoxy) is 1. The molecule has 23 heavy (non-hydrogen) atoms. The van der Waals surface area contributed by atoms with Crippen LogP contribution in [0.2, 0.25) is 0 Å². The van der Waals surface area contributed by atoms with Gasteiger partial charge in [0.05, 0.1) is 19.8 Å². The van der Waals surface area contributed by atoms with Crippen LogP contribution in [0.15, 0.2) is 59.0 Å². The summed E-state index contributed by atoms with van der Waals surface area (Å²) in [4.78, 5) is 12.4. The first-order valence-electron chi connectivity index (χ1n) is 7.26. The molecule has 0 saturated heterocycles. The van der Waals surface area contributed by atoms with Crippen molar-refractivity contribution >= 4 is 16.9 Å². The van der Waals surface area contributed by atoms with Gasteiger partial charge in [-0.25, -0.2) is 0 Å². The number of benzene rings is 2. The predicted octanol–water partition coefficient (Wildman–Crippen LogP) is 2.90. The zero-order valence-corrected chi connectivity index (χ0v) is 12.7. The largest absolute Gasteiger partial charge is 0.493 e. The second-order valence-electron chi connectivity index (χ2n) is 5.11. The maximum atomic E-state index is 12.4. The smallest absolute Gasteiger partial charge is 0.287 e. The second-order valence-corrected chi connectivity index (χ2v) is 5.11. The molecule has 1 atom stereocenters. The number of hydrogen-bond donors (Lipinski definition) is 2. The third-order valence-electron chi connectivity index (χ3n) is 3.64. The van der Waals surface area contributed by atoms with Crippen LogP contribution in [0.3, 0.4) is 0 Å². The van der Waals surface area contributed by atoms with Gasteiger partial charge >= 0.3 is 0 Å². The van der Waals surface area contributed by atoms with E-state index in [4.69, 9.17) is 9.15 Å². The molecule has 118 valence electrons. The summed E-state index contributed by atoms with van der Waals surface area (Å²) >= 11 is 0. The molecule has 2 aromatic carbocycles. The molecule has 0 aliphatic heterocycles. The Balaban J connectivity index is 1.85. The molecule has 0 bridgehead atoms. The van der Waals surface area contributed by atoms with E-state index >= 15 is 0 Å². The van der Waals surface area contributed by atoms with Crippen LogP contribution in [0, 0.1) is 0 Å². The lowest BCUT2D eigenvalue weighted by molar-refractivity contribution is 0.0890. The van der Waals surface area contributed by atoms with Crippen LogP contribution in [0.4, 0.5) is 0 Å². The molecule has 0 radical (unpaired) electrons. The number of amides is 1. The second kappa shape index (κ2) is 6.54. The predicted molar refractivity (Wildman–Crippen MR) is 86.5 cm³/mol. The maximum absolute atomic E-state index is 12.4. The topological polar surface area (TPSA) is 71.7 Å². The van der Waals surface area contributed by atoms with Crippen molar-refractivity contribution in [2.45, 2.75) is 6.04 Å². The molecule has 5 nitrogen and oxygen atoms in total. The monoisotopic (exact) mass is 311 g/mol. The summed E-state index contributed by atoms with van der Waals surface area (Å²) in [5, 5.41) is 13.1. The number of carbonyl (C=O) groups is 1. The SMILES string of the molecule is COc1cccc2cc(C(=O)N[C@@H](CO)c3ccccc3)oc12. The highest BCUT2D eigenvalue weighted by Gasteiger charge is 2.19. The van der Waals surface area contributed by atoms with E-state index in [2.05, 4.69) is 5.32 Å². The van der Waals surface area contributed by atoms with Gasteiger partial charge in [0.1, 0.15) is 0 Å². The van der Waals surface area contributed by atoms with Crippen molar-refractivity contribution < 1.29 is 19.1 Å². The van der Waals surface area contributed by atoms with Gasteiger partial charge in [-0.05, 0) is 17.7 Å². The van der Waals surface area contributed by atoms with E-state index in [0.717, 1.165) is 10.9 Å². The Hall–Kier alpha value is -2.79. The Morgan fingerprint density at radius 2 is 2.00 bits per heavy atom. The third kappa shape index (κ3) is 3.05. The fourth-order valence-electron chi connectivity index (χ4n) is 2.46. The molecule has 1 heterocycles. The van der Waals surface area contributed by atoms with Crippen molar-refractivity contribution in [3.8, 4) is 5.75 Å². The van der Waals surface area contributed by atoms with Crippen molar-refractivity contribution in [3.05, 3.63) is 65.9 Å². The Kier molecular flexibility index (Phi) is 4.30. The number of methoxy groups -OCH3 is 1. The average molecular weight is 311 g/mol. The Morgan fingerprint density at radius 1 is 1.22 bits per heavy atom. The zero-order valence-electron chi connectivity index (χ0n) is 12.7. The summed E-state index contributed by atoms with van der Waals surface area (Å²) in [5.74, 6) is 0.369. The molecule has 2 N–H and O–H groups in total. The van der Waals surface area contributed by atoms with Gasteiger partial charge in [-0.2, -0.15) is 0 Å². The fourth-order valence-corrected chi connectivity index (χ4v) is 2.46. The Labute approximate surface area is 133 Å². The molecule has 0 saturated carbocycles. The minimum Gasteiger partial charge on any atom is -0.493 e. The van der Waals surface area contributed by atoms with E-state index in [9.17, 15) is 9.90 Å². The van der Waals surface area contributed by atoms with Crippen LogP contribution in [0.1, 0.15) is 22.2 Å². The number of carbonyl (C=O) groups excluding carboxylic acids is 1. The number of furan rings is 1. The quantitative estimate of drug-likeness (QED) is 0.760. The lowest BCUT2D eigenvalue weighted by atomic mass is 10.1. The molecular weight excluding hydrogens is 294 g/mol. The van der Waals surface area contributed by atoms with Crippen LogP contribution < -0.4 is 10.1 Å². The van der Waals surface area contributed by atoms with Gasteiger partial charge < -0.3 is 19.6 Å². The lowest BCUT2D eigenvalue weighted by Crippen LogP contribution is -2.30. The number of para-hydroxylation sites is 1. The standard InChI is InChI=1S/C18H17NO4/c1-22-15-9-5-8-13-10-16(23-17(13)15)18(21)19-14(11-20)12-6-3-2-4-7-12/h2-10,14,20H,11H2,1H3,(H,19,21)/t14-/m0/s1. The van der Waals surface area contributed by atoms with Gasteiger partial charge in [0.2, 0.25) is 0 Å². The van der Waals surface area contributed by atoms with E-state index in [1.165, 1.54) is 0 Å². The van der Waals surface area contributed by atoms with Crippen molar-refractivity contribution in [1.29, 1.82) is 0 Å². The normalized spacial score (nSPS) is 12.1. The molecule has 0 aliphatic rings. The van der Waals surface area contributed by atoms with E-state index in [-0.39, 0.29) is 18.3 Å². The summed E-state index contributed by atoms with van der Waals surface area (Å²) < 4.78 is 10.8. The molecule has 0 fully saturated rings. The lowest BCUT2D eigenvalue weighted by Gasteiger charge is -2.15. The van der Waals surface area contributed by atoms with Crippen molar-refractivity contribution in [1.82, 2.24) is 5.32 Å². The summed E-state index contributed by atoms with van der Waals surface area (Å²) in [6.45, 7) is -0.195. The van der Waals surface area contributed by atoms with Crippen molar-refractivity contribution in [2.75, 3.05) is 13.7 Å². The first kappa shape index (κ1) is 15.1. The highest BCUT2D eigenvalue weighted by atomic mass is 16.5. The molecule has 3 aromatic rings. The maximum Gasteiger partial charge on any atom is 0.287 e.